The minimum Gasteiger partial charge on any atom is -0.356 e. The van der Waals surface area contributed by atoms with E-state index in [2.05, 4.69) is 20.9 Å². The molecule has 1 saturated heterocycles. The minimum absolute atomic E-state index is 0.190. The molecule has 0 spiro atoms. The van der Waals surface area contributed by atoms with Crippen LogP contribution in [-0.2, 0) is 23.4 Å². The summed E-state index contributed by atoms with van der Waals surface area (Å²) in [6.45, 7) is 1.41. The quantitative estimate of drug-likeness (QED) is 0.648. The van der Waals surface area contributed by atoms with Crippen molar-refractivity contribution in [2.24, 2.45) is 18.0 Å². The third kappa shape index (κ3) is 4.23. The van der Waals surface area contributed by atoms with Gasteiger partial charge in [-0.25, -0.2) is 8.42 Å². The standard InChI is InChI=1S/C14H24N4O2S/c1-15-14(16-9-12-6-8-21(19,20)11-12)18(3)10-13-5-4-7-17(13)2/h4-5,7,12H,6,8-11H2,1-3H3,(H,15,16). The van der Waals surface area contributed by atoms with Gasteiger partial charge in [0.1, 0.15) is 0 Å². The van der Waals surface area contributed by atoms with E-state index in [0.29, 0.717) is 18.1 Å². The normalized spacial score (nSPS) is 21.5. The molecule has 21 heavy (non-hydrogen) atoms. The third-order valence-corrected chi connectivity index (χ3v) is 5.74. The van der Waals surface area contributed by atoms with Gasteiger partial charge in [0.25, 0.3) is 0 Å². The fourth-order valence-electron chi connectivity index (χ4n) is 2.63. The Morgan fingerprint density at radius 1 is 1.57 bits per heavy atom. The first kappa shape index (κ1) is 15.9. The fourth-order valence-corrected chi connectivity index (χ4v) is 4.49. The van der Waals surface area contributed by atoms with Gasteiger partial charge in [-0.2, -0.15) is 0 Å². The summed E-state index contributed by atoms with van der Waals surface area (Å²) in [5.41, 5.74) is 1.20. The molecular weight excluding hydrogens is 288 g/mol. The Kier molecular flexibility index (Phi) is 4.92. The van der Waals surface area contributed by atoms with Crippen molar-refractivity contribution in [3.63, 3.8) is 0 Å². The number of nitrogens with one attached hydrogen (secondary N) is 1. The number of aryl methyl sites for hydroxylation is 1. The lowest BCUT2D eigenvalue weighted by Crippen LogP contribution is -2.41. The molecule has 1 N–H and O–H groups in total. The van der Waals surface area contributed by atoms with Crippen LogP contribution in [0.4, 0.5) is 0 Å². The van der Waals surface area contributed by atoms with Crippen LogP contribution in [0.2, 0.25) is 0 Å². The van der Waals surface area contributed by atoms with E-state index in [4.69, 9.17) is 0 Å². The number of hydrogen-bond acceptors (Lipinski definition) is 3. The van der Waals surface area contributed by atoms with E-state index in [9.17, 15) is 8.42 Å². The van der Waals surface area contributed by atoms with Gasteiger partial charge < -0.3 is 14.8 Å². The van der Waals surface area contributed by atoms with E-state index >= 15 is 0 Å². The van der Waals surface area contributed by atoms with Crippen molar-refractivity contribution in [1.82, 2.24) is 14.8 Å². The highest BCUT2D eigenvalue weighted by Gasteiger charge is 2.27. The number of guanidine groups is 1. The molecule has 0 saturated carbocycles. The topological polar surface area (TPSA) is 66.7 Å². The van der Waals surface area contributed by atoms with Crippen LogP contribution in [0.15, 0.2) is 23.3 Å². The van der Waals surface area contributed by atoms with Crippen molar-refractivity contribution < 1.29 is 8.42 Å². The average Bonchev–Trinajstić information content (AvgIpc) is 2.97. The van der Waals surface area contributed by atoms with Gasteiger partial charge in [0, 0.05) is 39.6 Å². The van der Waals surface area contributed by atoms with Crippen LogP contribution < -0.4 is 5.32 Å². The van der Waals surface area contributed by atoms with Gasteiger partial charge in [-0.15, -0.1) is 0 Å². The summed E-state index contributed by atoms with van der Waals surface area (Å²) in [5, 5.41) is 3.28. The molecule has 2 heterocycles. The van der Waals surface area contributed by atoms with E-state index in [1.165, 1.54) is 5.69 Å². The van der Waals surface area contributed by atoms with Gasteiger partial charge in [0.2, 0.25) is 0 Å². The summed E-state index contributed by atoms with van der Waals surface area (Å²) >= 11 is 0. The molecule has 0 aliphatic carbocycles. The Bertz CT molecular complexity index is 606. The maximum atomic E-state index is 11.5. The highest BCUT2D eigenvalue weighted by Crippen LogP contribution is 2.17. The summed E-state index contributed by atoms with van der Waals surface area (Å²) in [5.74, 6) is 1.59. The molecule has 118 valence electrons. The lowest BCUT2D eigenvalue weighted by Gasteiger charge is -2.23. The van der Waals surface area contributed by atoms with Crippen molar-refractivity contribution in [3.8, 4) is 0 Å². The smallest absolute Gasteiger partial charge is 0.193 e. The molecule has 7 heteroatoms. The SMILES string of the molecule is CN=C(NCC1CCS(=O)(=O)C1)N(C)Cc1cccn1C. The summed E-state index contributed by atoms with van der Waals surface area (Å²) in [6.07, 6.45) is 2.76. The monoisotopic (exact) mass is 312 g/mol. The number of sulfone groups is 1. The van der Waals surface area contributed by atoms with Gasteiger partial charge in [-0.05, 0) is 24.5 Å². The second kappa shape index (κ2) is 6.51. The lowest BCUT2D eigenvalue weighted by atomic mass is 10.1. The molecule has 1 aromatic heterocycles. The Morgan fingerprint density at radius 2 is 2.33 bits per heavy atom. The molecule has 1 fully saturated rings. The van der Waals surface area contributed by atoms with Crippen molar-refractivity contribution in [1.29, 1.82) is 0 Å². The summed E-state index contributed by atoms with van der Waals surface area (Å²) < 4.78 is 25.0. The molecule has 1 atom stereocenters. The molecule has 1 aromatic rings. The van der Waals surface area contributed by atoms with Gasteiger partial charge in [-0.1, -0.05) is 0 Å². The second-order valence-corrected chi connectivity index (χ2v) is 7.89. The zero-order chi connectivity index (χ0) is 15.5. The Balaban J connectivity index is 1.87. The number of aliphatic imine (C=N–C) groups is 1. The van der Waals surface area contributed by atoms with Crippen molar-refractivity contribution in [3.05, 3.63) is 24.0 Å². The average molecular weight is 312 g/mol. The highest BCUT2D eigenvalue weighted by atomic mass is 32.2. The van der Waals surface area contributed by atoms with Gasteiger partial charge >= 0.3 is 0 Å². The van der Waals surface area contributed by atoms with E-state index in [1.807, 2.05) is 31.3 Å². The fraction of sp³-hybridized carbons (Fsp3) is 0.643. The Hall–Kier alpha value is -1.50. The summed E-state index contributed by atoms with van der Waals surface area (Å²) in [7, 11) is 2.93. The molecule has 0 amide bonds. The molecule has 2 rings (SSSR count). The number of aromatic nitrogens is 1. The van der Waals surface area contributed by atoms with Crippen LogP contribution in [0.25, 0.3) is 0 Å². The maximum Gasteiger partial charge on any atom is 0.193 e. The molecule has 0 bridgehead atoms. The van der Waals surface area contributed by atoms with E-state index < -0.39 is 9.84 Å². The summed E-state index contributed by atoms with van der Waals surface area (Å²) in [4.78, 5) is 6.31. The van der Waals surface area contributed by atoms with E-state index in [0.717, 1.165) is 18.9 Å². The first-order chi connectivity index (χ1) is 9.91. The van der Waals surface area contributed by atoms with Gasteiger partial charge in [-0.3, -0.25) is 4.99 Å². The van der Waals surface area contributed by atoms with Crippen LogP contribution in [-0.4, -0.2) is 56.0 Å². The molecule has 1 aliphatic rings. The molecular formula is C14H24N4O2S. The number of hydrogen-bond donors (Lipinski definition) is 1. The van der Waals surface area contributed by atoms with Crippen LogP contribution >= 0.6 is 0 Å². The molecule has 0 radical (unpaired) electrons. The van der Waals surface area contributed by atoms with Crippen LogP contribution in [0, 0.1) is 5.92 Å². The Labute approximate surface area is 126 Å². The predicted molar refractivity (Wildman–Crippen MR) is 85.0 cm³/mol. The zero-order valence-corrected chi connectivity index (χ0v) is 13.7. The first-order valence-corrected chi connectivity index (χ1v) is 8.96. The largest absolute Gasteiger partial charge is 0.356 e. The minimum atomic E-state index is -2.81. The maximum absolute atomic E-state index is 11.5. The molecule has 0 aromatic carbocycles. The number of nitrogens with zero attached hydrogens (tertiary/aromatic N) is 3. The van der Waals surface area contributed by atoms with Gasteiger partial charge in [0.15, 0.2) is 15.8 Å². The van der Waals surface area contributed by atoms with Crippen molar-refractivity contribution in [2.45, 2.75) is 13.0 Å². The van der Waals surface area contributed by atoms with Gasteiger partial charge in [0.05, 0.1) is 18.1 Å². The third-order valence-electron chi connectivity index (χ3n) is 3.90. The molecule has 1 unspecified atom stereocenters. The van der Waals surface area contributed by atoms with E-state index in [-0.39, 0.29) is 5.92 Å². The summed E-state index contributed by atoms with van der Waals surface area (Å²) in [6, 6.07) is 4.09. The van der Waals surface area contributed by atoms with Crippen LogP contribution in [0.5, 0.6) is 0 Å². The molecule has 1 aliphatic heterocycles. The highest BCUT2D eigenvalue weighted by molar-refractivity contribution is 7.91. The first-order valence-electron chi connectivity index (χ1n) is 7.13. The Morgan fingerprint density at radius 3 is 2.86 bits per heavy atom. The van der Waals surface area contributed by atoms with E-state index in [1.54, 1.807) is 7.05 Å². The van der Waals surface area contributed by atoms with Crippen molar-refractivity contribution >= 4 is 15.8 Å². The van der Waals surface area contributed by atoms with Crippen molar-refractivity contribution in [2.75, 3.05) is 32.1 Å². The zero-order valence-electron chi connectivity index (χ0n) is 12.9. The van der Waals surface area contributed by atoms with Crippen LogP contribution in [0.1, 0.15) is 12.1 Å². The predicted octanol–water partition coefficient (Wildman–Crippen LogP) is 0.467. The van der Waals surface area contributed by atoms with Crippen LogP contribution in [0.3, 0.4) is 0 Å². The number of rotatable bonds is 4. The molecule has 6 nitrogen and oxygen atoms in total. The lowest BCUT2D eigenvalue weighted by molar-refractivity contribution is 0.451. The second-order valence-electron chi connectivity index (χ2n) is 5.66.